The fourth-order valence-electron chi connectivity index (χ4n) is 2.05. The molecule has 0 aliphatic heterocycles. The Kier molecular flexibility index (Phi) is 8.45. The number of aryl methyl sites for hydroxylation is 1. The van der Waals surface area contributed by atoms with Crippen molar-refractivity contribution in [1.29, 1.82) is 0 Å². The lowest BCUT2D eigenvalue weighted by molar-refractivity contribution is -0.192. The smallest absolute Gasteiger partial charge is 0.475 e. The van der Waals surface area contributed by atoms with Crippen LogP contribution < -0.4 is 11.1 Å². The highest BCUT2D eigenvalue weighted by molar-refractivity contribution is 7.11. The number of rotatable bonds is 5. The molecule has 1 unspecified atom stereocenters. The normalized spacial score (nSPS) is 11.9. The lowest BCUT2D eigenvalue weighted by Crippen LogP contribution is -2.33. The highest BCUT2D eigenvalue weighted by atomic mass is 32.1. The lowest BCUT2D eigenvalue weighted by atomic mass is 10.1. The van der Waals surface area contributed by atoms with Gasteiger partial charge in [0.15, 0.2) is 0 Å². The summed E-state index contributed by atoms with van der Waals surface area (Å²) >= 11 is 1.78. The van der Waals surface area contributed by atoms with E-state index in [0.717, 1.165) is 12.0 Å². The molecule has 0 aliphatic carbocycles. The van der Waals surface area contributed by atoms with Crippen LogP contribution in [-0.2, 0) is 17.8 Å². The first kappa shape index (κ1) is 22.7. The first-order valence-electron chi connectivity index (χ1n) is 7.98. The quantitative estimate of drug-likeness (QED) is 0.714. The molecule has 27 heavy (non-hydrogen) atoms. The third kappa shape index (κ3) is 8.23. The summed E-state index contributed by atoms with van der Waals surface area (Å²) in [4.78, 5) is 23.6. The van der Waals surface area contributed by atoms with Crippen LogP contribution in [0.4, 0.5) is 13.2 Å². The predicted molar refractivity (Wildman–Crippen MR) is 97.7 cm³/mol. The van der Waals surface area contributed by atoms with E-state index in [0.29, 0.717) is 12.1 Å². The maximum absolute atomic E-state index is 12.1. The van der Waals surface area contributed by atoms with Crippen LogP contribution in [0.5, 0.6) is 0 Å². The molecule has 1 aromatic heterocycles. The molecule has 0 saturated heterocycles. The minimum atomic E-state index is -5.08. The molecule has 1 heterocycles. The number of alkyl halides is 3. The van der Waals surface area contributed by atoms with Crippen LogP contribution in [0.1, 0.15) is 32.6 Å². The number of carbonyl (C=O) groups excluding carboxylic acids is 1. The van der Waals surface area contributed by atoms with Gasteiger partial charge in [-0.15, -0.1) is 11.3 Å². The molecule has 0 fully saturated rings. The largest absolute Gasteiger partial charge is 0.490 e. The van der Waals surface area contributed by atoms with Gasteiger partial charge in [-0.3, -0.25) is 4.79 Å². The number of aliphatic carboxylic acids is 1. The molecule has 0 spiro atoms. The summed E-state index contributed by atoms with van der Waals surface area (Å²) in [6.07, 6.45) is -4.22. The monoisotopic (exact) mass is 402 g/mol. The molecule has 0 saturated carbocycles. The van der Waals surface area contributed by atoms with E-state index in [4.69, 9.17) is 15.6 Å². The molecule has 9 heteroatoms. The Bertz CT molecular complexity index is 758. The van der Waals surface area contributed by atoms with E-state index in [2.05, 4.69) is 24.4 Å². The molecule has 1 atom stereocenters. The number of nitrogens with one attached hydrogen (secondary N) is 1. The van der Waals surface area contributed by atoms with Gasteiger partial charge in [-0.25, -0.2) is 4.79 Å². The van der Waals surface area contributed by atoms with Gasteiger partial charge in [0, 0.05) is 34.3 Å². The molecule has 148 valence electrons. The summed E-state index contributed by atoms with van der Waals surface area (Å²) in [5, 5.41) is 10.2. The Morgan fingerprint density at radius 1 is 1.19 bits per heavy atom. The van der Waals surface area contributed by atoms with Crippen LogP contribution in [0.2, 0.25) is 0 Å². The molecule has 0 bridgehead atoms. The van der Waals surface area contributed by atoms with Crippen molar-refractivity contribution in [2.24, 2.45) is 5.73 Å². The average molecular weight is 402 g/mol. The van der Waals surface area contributed by atoms with E-state index in [-0.39, 0.29) is 11.9 Å². The van der Waals surface area contributed by atoms with Gasteiger partial charge in [0.1, 0.15) is 0 Å². The number of nitrogens with two attached hydrogens (primary N) is 1. The molecule has 0 aliphatic rings. The summed E-state index contributed by atoms with van der Waals surface area (Å²) in [7, 11) is 0. The molecule has 1 aromatic carbocycles. The van der Waals surface area contributed by atoms with Crippen LogP contribution in [0.3, 0.4) is 0 Å². The number of carbonyl (C=O) groups is 2. The molecule has 1 amide bonds. The molecule has 0 radical (unpaired) electrons. The number of hydrogen-bond acceptors (Lipinski definition) is 4. The molecule has 2 rings (SSSR count). The summed E-state index contributed by atoms with van der Waals surface area (Å²) in [5.41, 5.74) is 7.25. The van der Waals surface area contributed by atoms with Crippen LogP contribution in [0.15, 0.2) is 36.4 Å². The second-order valence-corrected chi connectivity index (χ2v) is 7.17. The van der Waals surface area contributed by atoms with Gasteiger partial charge in [0.2, 0.25) is 0 Å². The van der Waals surface area contributed by atoms with E-state index < -0.39 is 12.1 Å². The zero-order chi connectivity index (χ0) is 20.6. The van der Waals surface area contributed by atoms with Crippen molar-refractivity contribution in [2.75, 3.05) is 0 Å². The highest BCUT2D eigenvalue weighted by Crippen LogP contribution is 2.17. The van der Waals surface area contributed by atoms with Crippen molar-refractivity contribution >= 4 is 23.2 Å². The number of halogens is 3. The van der Waals surface area contributed by atoms with E-state index in [1.54, 1.807) is 11.3 Å². The van der Waals surface area contributed by atoms with Gasteiger partial charge < -0.3 is 16.2 Å². The SMILES string of the molecule is Cc1ccc(CC(C)NC(=O)c2ccc(CN)cc2)s1.O=C(O)C(F)(F)F. The highest BCUT2D eigenvalue weighted by Gasteiger charge is 2.38. The lowest BCUT2D eigenvalue weighted by Gasteiger charge is -2.13. The minimum absolute atomic E-state index is 0.0330. The van der Waals surface area contributed by atoms with Gasteiger partial charge >= 0.3 is 12.1 Å². The zero-order valence-electron chi connectivity index (χ0n) is 14.8. The number of amides is 1. The maximum atomic E-state index is 12.1. The van der Waals surface area contributed by atoms with Crippen molar-refractivity contribution in [1.82, 2.24) is 5.32 Å². The van der Waals surface area contributed by atoms with Crippen LogP contribution in [0.25, 0.3) is 0 Å². The van der Waals surface area contributed by atoms with Crippen molar-refractivity contribution in [3.63, 3.8) is 0 Å². The van der Waals surface area contributed by atoms with Gasteiger partial charge in [-0.05, 0) is 43.7 Å². The molecule has 5 nitrogen and oxygen atoms in total. The van der Waals surface area contributed by atoms with Crippen molar-refractivity contribution < 1.29 is 27.9 Å². The first-order chi connectivity index (χ1) is 12.5. The van der Waals surface area contributed by atoms with E-state index >= 15 is 0 Å². The molecular weight excluding hydrogens is 381 g/mol. The molecule has 4 N–H and O–H groups in total. The third-order valence-electron chi connectivity index (χ3n) is 3.38. The standard InChI is InChI=1S/C16H20N2OS.C2HF3O2/c1-11(9-15-8-3-12(2)20-15)18-16(19)14-6-4-13(10-17)5-7-14;3-2(4,5)1(6)7/h3-8,11H,9-10,17H2,1-2H3,(H,18,19);(H,6,7). The van der Waals surface area contributed by atoms with Gasteiger partial charge in [0.05, 0.1) is 0 Å². The Morgan fingerprint density at radius 3 is 2.15 bits per heavy atom. The Morgan fingerprint density at radius 2 is 1.74 bits per heavy atom. The number of carboxylic acids is 1. The van der Waals surface area contributed by atoms with Crippen molar-refractivity contribution in [3.8, 4) is 0 Å². The second kappa shape index (κ2) is 10.1. The summed E-state index contributed by atoms with van der Waals surface area (Å²) in [5.74, 6) is -2.79. The van der Waals surface area contributed by atoms with E-state index in [1.807, 2.05) is 31.2 Å². The van der Waals surface area contributed by atoms with E-state index in [9.17, 15) is 18.0 Å². The first-order valence-corrected chi connectivity index (χ1v) is 8.80. The number of thiophene rings is 1. The number of hydrogen-bond donors (Lipinski definition) is 3. The summed E-state index contributed by atoms with van der Waals surface area (Å²) < 4.78 is 31.7. The number of benzene rings is 1. The summed E-state index contributed by atoms with van der Waals surface area (Å²) in [6.45, 7) is 4.62. The zero-order valence-corrected chi connectivity index (χ0v) is 15.7. The van der Waals surface area contributed by atoms with Gasteiger partial charge in [0.25, 0.3) is 5.91 Å². The average Bonchev–Trinajstić information content (AvgIpc) is 2.99. The Hall–Kier alpha value is -2.39. The fraction of sp³-hybridized carbons (Fsp3) is 0.333. The number of carboxylic acid groups (broad SMARTS) is 1. The predicted octanol–water partition coefficient (Wildman–Crippen LogP) is 3.51. The second-order valence-electron chi connectivity index (χ2n) is 5.79. The van der Waals surface area contributed by atoms with Crippen LogP contribution in [-0.4, -0.2) is 29.2 Å². The Labute approximate surface area is 159 Å². The maximum Gasteiger partial charge on any atom is 0.490 e. The van der Waals surface area contributed by atoms with E-state index in [1.165, 1.54) is 9.75 Å². The summed E-state index contributed by atoms with van der Waals surface area (Å²) in [6, 6.07) is 11.8. The van der Waals surface area contributed by atoms with Crippen molar-refractivity contribution in [2.45, 2.75) is 39.0 Å². The molecule has 2 aromatic rings. The van der Waals surface area contributed by atoms with Gasteiger partial charge in [-0.1, -0.05) is 12.1 Å². The van der Waals surface area contributed by atoms with Crippen molar-refractivity contribution in [3.05, 3.63) is 57.3 Å². The fourth-order valence-corrected chi connectivity index (χ4v) is 3.07. The minimum Gasteiger partial charge on any atom is -0.475 e. The molecular formula is C18H21F3N2O3S. The van der Waals surface area contributed by atoms with Crippen LogP contribution in [0, 0.1) is 6.92 Å². The Balaban J connectivity index is 0.000000445. The van der Waals surface area contributed by atoms with Gasteiger partial charge in [-0.2, -0.15) is 13.2 Å². The topological polar surface area (TPSA) is 92.4 Å². The third-order valence-corrected chi connectivity index (χ3v) is 4.40. The van der Waals surface area contributed by atoms with Crippen LogP contribution >= 0.6 is 11.3 Å².